The van der Waals surface area contributed by atoms with Gasteiger partial charge in [0.2, 0.25) is 5.91 Å². The first-order chi connectivity index (χ1) is 12.8. The van der Waals surface area contributed by atoms with E-state index < -0.39 is 11.7 Å². The van der Waals surface area contributed by atoms with Crippen LogP contribution >= 0.6 is 11.6 Å². The molecule has 8 heteroatoms. The molecule has 27 heavy (non-hydrogen) atoms. The number of ether oxygens (including phenoxy) is 2. The van der Waals surface area contributed by atoms with Crippen LogP contribution in [0.1, 0.15) is 23.1 Å². The van der Waals surface area contributed by atoms with Gasteiger partial charge in [0.1, 0.15) is 0 Å². The number of nitrogens with one attached hydrogen (secondary N) is 1. The van der Waals surface area contributed by atoms with Crippen LogP contribution in [-0.4, -0.2) is 19.1 Å². The van der Waals surface area contributed by atoms with Gasteiger partial charge in [-0.25, -0.2) is 0 Å². The van der Waals surface area contributed by atoms with Gasteiger partial charge in [0.25, 0.3) is 0 Å². The smallest absolute Gasteiger partial charge is 0.416 e. The molecular weight excluding hydrogens is 383 g/mol. The summed E-state index contributed by atoms with van der Waals surface area (Å²) in [6, 6.07) is 7.97. The third-order valence-corrected chi connectivity index (χ3v) is 4.28. The third-order valence-electron chi connectivity index (χ3n) is 4.00. The lowest BCUT2D eigenvalue weighted by molar-refractivity contribution is -0.137. The van der Waals surface area contributed by atoms with E-state index in [2.05, 4.69) is 5.32 Å². The Hall–Kier alpha value is -2.41. The number of carbonyl (C=O) groups excluding carboxylic acids is 1. The highest BCUT2D eigenvalue weighted by molar-refractivity contribution is 6.32. The van der Waals surface area contributed by atoms with Crippen molar-refractivity contribution in [2.24, 2.45) is 0 Å². The molecule has 0 fully saturated rings. The van der Waals surface area contributed by atoms with Crippen LogP contribution < -0.4 is 14.8 Å². The standard InChI is InChI=1S/C19H17ClF3NO3/c20-15-8-13(9-16-18(15)27-7-1-6-26-16)11-24-17(25)10-12-2-4-14(5-3-12)19(21,22)23/h2-5,8-9H,1,6-7,10-11H2,(H,24,25). The molecule has 4 nitrogen and oxygen atoms in total. The Morgan fingerprint density at radius 2 is 1.78 bits per heavy atom. The van der Waals surface area contributed by atoms with Crippen molar-refractivity contribution in [2.45, 2.75) is 25.6 Å². The molecule has 1 aliphatic rings. The lowest BCUT2D eigenvalue weighted by atomic mass is 10.1. The number of fused-ring (bicyclic) bond motifs is 1. The van der Waals surface area contributed by atoms with Gasteiger partial charge in [0, 0.05) is 13.0 Å². The van der Waals surface area contributed by atoms with E-state index in [1.165, 1.54) is 12.1 Å². The third kappa shape index (κ3) is 5.07. The highest BCUT2D eigenvalue weighted by atomic mass is 35.5. The number of rotatable bonds is 4. The minimum atomic E-state index is -4.39. The van der Waals surface area contributed by atoms with Crippen molar-refractivity contribution in [3.8, 4) is 11.5 Å². The Kier molecular flexibility index (Phi) is 5.79. The maximum Gasteiger partial charge on any atom is 0.416 e. The number of carbonyl (C=O) groups is 1. The fourth-order valence-corrected chi connectivity index (χ4v) is 2.93. The molecule has 2 aromatic rings. The van der Waals surface area contributed by atoms with Crippen LogP contribution in [0.15, 0.2) is 36.4 Å². The van der Waals surface area contributed by atoms with Crippen LogP contribution in [-0.2, 0) is 23.9 Å². The van der Waals surface area contributed by atoms with Crippen molar-refractivity contribution in [3.05, 3.63) is 58.1 Å². The van der Waals surface area contributed by atoms with Crippen LogP contribution in [0.4, 0.5) is 13.2 Å². The molecule has 1 N–H and O–H groups in total. The predicted octanol–water partition coefficient (Wildman–Crippen LogP) is 4.38. The van der Waals surface area contributed by atoms with Crippen LogP contribution in [0.2, 0.25) is 5.02 Å². The van der Waals surface area contributed by atoms with Gasteiger partial charge in [0.05, 0.1) is 30.2 Å². The van der Waals surface area contributed by atoms with Gasteiger partial charge in [-0.3, -0.25) is 4.79 Å². The largest absolute Gasteiger partial charge is 0.489 e. The normalized spacial score (nSPS) is 13.8. The zero-order chi connectivity index (χ0) is 19.4. The lowest BCUT2D eigenvalue weighted by Crippen LogP contribution is -2.24. The molecule has 0 atom stereocenters. The molecule has 0 saturated heterocycles. The van der Waals surface area contributed by atoms with Crippen LogP contribution in [0, 0.1) is 0 Å². The number of hydrogen-bond acceptors (Lipinski definition) is 3. The zero-order valence-electron chi connectivity index (χ0n) is 14.2. The molecule has 3 rings (SSSR count). The van der Waals surface area contributed by atoms with E-state index in [1.54, 1.807) is 12.1 Å². The van der Waals surface area contributed by atoms with Crippen molar-refractivity contribution in [1.82, 2.24) is 5.32 Å². The molecule has 1 aliphatic heterocycles. The van der Waals surface area contributed by atoms with Gasteiger partial charge in [-0.05, 0) is 35.4 Å². The first kappa shape index (κ1) is 19.4. The second kappa shape index (κ2) is 8.08. The Morgan fingerprint density at radius 3 is 2.48 bits per heavy atom. The summed E-state index contributed by atoms with van der Waals surface area (Å²) in [4.78, 5) is 12.1. The molecule has 2 aromatic carbocycles. The molecule has 1 amide bonds. The average Bonchev–Trinajstić information content (AvgIpc) is 2.85. The first-order valence-electron chi connectivity index (χ1n) is 8.34. The molecule has 0 spiro atoms. The molecule has 0 aromatic heterocycles. The molecular formula is C19H17ClF3NO3. The quantitative estimate of drug-likeness (QED) is 0.830. The molecule has 0 radical (unpaired) electrons. The Morgan fingerprint density at radius 1 is 1.07 bits per heavy atom. The van der Waals surface area contributed by atoms with E-state index in [0.717, 1.165) is 24.1 Å². The van der Waals surface area contributed by atoms with Gasteiger partial charge in [-0.15, -0.1) is 0 Å². The number of amides is 1. The summed E-state index contributed by atoms with van der Waals surface area (Å²) < 4.78 is 48.8. The Labute approximate surface area is 159 Å². The molecule has 1 heterocycles. The van der Waals surface area contributed by atoms with E-state index in [-0.39, 0.29) is 18.9 Å². The van der Waals surface area contributed by atoms with E-state index in [1.807, 2.05) is 0 Å². The highest BCUT2D eigenvalue weighted by Gasteiger charge is 2.30. The summed E-state index contributed by atoms with van der Waals surface area (Å²) in [6.07, 6.45) is -3.65. The highest BCUT2D eigenvalue weighted by Crippen LogP contribution is 2.38. The fraction of sp³-hybridized carbons (Fsp3) is 0.316. The van der Waals surface area contributed by atoms with Gasteiger partial charge in [-0.1, -0.05) is 23.7 Å². The summed E-state index contributed by atoms with van der Waals surface area (Å²) in [6.45, 7) is 1.26. The lowest BCUT2D eigenvalue weighted by Gasteiger charge is -2.12. The van der Waals surface area contributed by atoms with Gasteiger partial charge in [0.15, 0.2) is 11.5 Å². The second-order valence-corrected chi connectivity index (χ2v) is 6.51. The van der Waals surface area contributed by atoms with E-state index >= 15 is 0 Å². The number of benzene rings is 2. The number of halogens is 4. The van der Waals surface area contributed by atoms with Crippen molar-refractivity contribution >= 4 is 17.5 Å². The van der Waals surface area contributed by atoms with Gasteiger partial charge in [-0.2, -0.15) is 13.2 Å². The molecule has 0 unspecified atom stereocenters. The SMILES string of the molecule is O=C(Cc1ccc(C(F)(F)F)cc1)NCc1cc(Cl)c2c(c1)OCCCO2. The summed E-state index contributed by atoms with van der Waals surface area (Å²) in [5.74, 6) is 0.721. The molecule has 0 bridgehead atoms. The number of hydrogen-bond donors (Lipinski definition) is 1. The van der Waals surface area contributed by atoms with E-state index in [9.17, 15) is 18.0 Å². The molecule has 0 aliphatic carbocycles. The zero-order valence-corrected chi connectivity index (χ0v) is 15.0. The summed E-state index contributed by atoms with van der Waals surface area (Å²) in [7, 11) is 0. The van der Waals surface area contributed by atoms with Crippen LogP contribution in [0.25, 0.3) is 0 Å². The topological polar surface area (TPSA) is 47.6 Å². The van der Waals surface area contributed by atoms with Crippen LogP contribution in [0.3, 0.4) is 0 Å². The van der Waals surface area contributed by atoms with Crippen LogP contribution in [0.5, 0.6) is 11.5 Å². The minimum Gasteiger partial charge on any atom is -0.489 e. The van der Waals surface area contributed by atoms with Crippen molar-refractivity contribution < 1.29 is 27.4 Å². The predicted molar refractivity (Wildman–Crippen MR) is 94.1 cm³/mol. The second-order valence-electron chi connectivity index (χ2n) is 6.10. The molecule has 0 saturated carbocycles. The van der Waals surface area contributed by atoms with Crippen molar-refractivity contribution in [2.75, 3.05) is 13.2 Å². The Balaban J connectivity index is 1.59. The van der Waals surface area contributed by atoms with Gasteiger partial charge < -0.3 is 14.8 Å². The Bertz CT molecular complexity index is 822. The molecule has 144 valence electrons. The maximum atomic E-state index is 12.6. The fourth-order valence-electron chi connectivity index (χ4n) is 2.65. The monoisotopic (exact) mass is 399 g/mol. The summed E-state index contributed by atoms with van der Waals surface area (Å²) >= 11 is 6.21. The van der Waals surface area contributed by atoms with Gasteiger partial charge >= 0.3 is 6.18 Å². The average molecular weight is 400 g/mol. The van der Waals surface area contributed by atoms with E-state index in [4.69, 9.17) is 21.1 Å². The summed E-state index contributed by atoms with van der Waals surface area (Å²) in [5.41, 5.74) is 0.496. The van der Waals surface area contributed by atoms with Crippen molar-refractivity contribution in [1.29, 1.82) is 0 Å². The maximum absolute atomic E-state index is 12.6. The minimum absolute atomic E-state index is 0.0174. The van der Waals surface area contributed by atoms with Crippen molar-refractivity contribution in [3.63, 3.8) is 0 Å². The van der Waals surface area contributed by atoms with E-state index in [0.29, 0.717) is 35.3 Å². The summed E-state index contributed by atoms with van der Waals surface area (Å²) in [5, 5.41) is 3.13. The number of alkyl halides is 3. The first-order valence-corrected chi connectivity index (χ1v) is 8.71.